The van der Waals surface area contributed by atoms with Crippen molar-refractivity contribution in [1.82, 2.24) is 15.0 Å². The maximum absolute atomic E-state index is 12.8. The lowest BCUT2D eigenvalue weighted by Gasteiger charge is -1.94. The highest BCUT2D eigenvalue weighted by molar-refractivity contribution is 5.74. The van der Waals surface area contributed by atoms with Gasteiger partial charge in [-0.3, -0.25) is 0 Å². The first kappa shape index (κ1) is 7.85. The van der Waals surface area contributed by atoms with Gasteiger partial charge in [0.25, 0.3) is 0 Å². The summed E-state index contributed by atoms with van der Waals surface area (Å²) < 4.78 is 14.1. The van der Waals surface area contributed by atoms with Crippen LogP contribution >= 0.6 is 0 Å². The van der Waals surface area contributed by atoms with Crippen LogP contribution in [0.15, 0.2) is 18.2 Å². The molecule has 2 aromatic rings. The van der Waals surface area contributed by atoms with Gasteiger partial charge in [-0.05, 0) is 12.1 Å². The van der Waals surface area contributed by atoms with Gasteiger partial charge in [0, 0.05) is 6.07 Å². The standard InChI is InChI=1S/C8H6FN3O/c9-6-1-2-7-8(5-6)12(3-4-13)11-10-7/h1-2,4-5H,3H2. The number of carbonyl (C=O) groups is 1. The molecule has 2 rings (SSSR count). The zero-order valence-corrected chi connectivity index (χ0v) is 6.64. The van der Waals surface area contributed by atoms with Crippen molar-refractivity contribution < 1.29 is 9.18 Å². The zero-order valence-electron chi connectivity index (χ0n) is 6.64. The largest absolute Gasteiger partial charge is 0.301 e. The molecule has 0 aliphatic rings. The van der Waals surface area contributed by atoms with E-state index in [4.69, 9.17) is 0 Å². The topological polar surface area (TPSA) is 47.8 Å². The van der Waals surface area contributed by atoms with Crippen molar-refractivity contribution in [2.24, 2.45) is 0 Å². The molecule has 0 radical (unpaired) electrons. The summed E-state index contributed by atoms with van der Waals surface area (Å²) in [5, 5.41) is 7.46. The van der Waals surface area contributed by atoms with Crippen LogP contribution in [0.25, 0.3) is 11.0 Å². The van der Waals surface area contributed by atoms with Crippen molar-refractivity contribution >= 4 is 17.3 Å². The molecule has 0 aliphatic carbocycles. The molecule has 1 aromatic heterocycles. The highest BCUT2D eigenvalue weighted by Crippen LogP contribution is 2.11. The molecule has 0 atom stereocenters. The monoisotopic (exact) mass is 179 g/mol. The van der Waals surface area contributed by atoms with Gasteiger partial charge in [0.1, 0.15) is 17.6 Å². The third kappa shape index (κ3) is 1.28. The summed E-state index contributed by atoms with van der Waals surface area (Å²) in [4.78, 5) is 10.2. The predicted molar refractivity (Wildman–Crippen MR) is 43.6 cm³/mol. The van der Waals surface area contributed by atoms with Crippen molar-refractivity contribution in [3.8, 4) is 0 Å². The van der Waals surface area contributed by atoms with Gasteiger partial charge < -0.3 is 4.79 Å². The van der Waals surface area contributed by atoms with Crippen LogP contribution in [0.3, 0.4) is 0 Å². The Hall–Kier alpha value is -1.78. The number of carbonyl (C=O) groups excluding carboxylic acids is 1. The van der Waals surface area contributed by atoms with Crippen LogP contribution in [0.2, 0.25) is 0 Å². The first-order chi connectivity index (χ1) is 6.31. The van der Waals surface area contributed by atoms with Gasteiger partial charge in [-0.1, -0.05) is 5.21 Å². The fraction of sp³-hybridized carbons (Fsp3) is 0.125. The third-order valence-corrected chi connectivity index (χ3v) is 1.72. The minimum absolute atomic E-state index is 0.0972. The molecule has 0 unspecified atom stereocenters. The van der Waals surface area contributed by atoms with Gasteiger partial charge in [-0.25, -0.2) is 9.07 Å². The summed E-state index contributed by atoms with van der Waals surface area (Å²) in [5.41, 5.74) is 1.12. The Kier molecular flexibility index (Phi) is 1.77. The fourth-order valence-corrected chi connectivity index (χ4v) is 1.14. The van der Waals surface area contributed by atoms with Crippen molar-refractivity contribution in [3.63, 3.8) is 0 Å². The van der Waals surface area contributed by atoms with Gasteiger partial charge in [-0.2, -0.15) is 0 Å². The molecule has 5 heteroatoms. The van der Waals surface area contributed by atoms with Crippen LogP contribution in [-0.2, 0) is 11.3 Å². The molecule has 0 spiro atoms. The lowest BCUT2D eigenvalue weighted by atomic mass is 10.3. The molecular formula is C8H6FN3O. The zero-order chi connectivity index (χ0) is 9.26. The first-order valence-electron chi connectivity index (χ1n) is 3.73. The third-order valence-electron chi connectivity index (χ3n) is 1.72. The SMILES string of the molecule is O=CCn1nnc2ccc(F)cc21. The maximum atomic E-state index is 12.8. The molecule has 66 valence electrons. The van der Waals surface area contributed by atoms with Crippen molar-refractivity contribution in [2.75, 3.05) is 0 Å². The molecule has 4 nitrogen and oxygen atoms in total. The second-order valence-corrected chi connectivity index (χ2v) is 2.57. The highest BCUT2D eigenvalue weighted by atomic mass is 19.1. The minimum atomic E-state index is -0.359. The Balaban J connectivity index is 2.64. The molecule has 0 saturated carbocycles. The molecule has 0 fully saturated rings. The first-order valence-corrected chi connectivity index (χ1v) is 3.73. The Morgan fingerprint density at radius 1 is 1.54 bits per heavy atom. The Morgan fingerprint density at radius 3 is 3.15 bits per heavy atom. The van der Waals surface area contributed by atoms with E-state index in [1.807, 2.05) is 0 Å². The summed E-state index contributed by atoms with van der Waals surface area (Å²) in [6, 6.07) is 4.14. The molecular weight excluding hydrogens is 173 g/mol. The van der Waals surface area contributed by atoms with E-state index in [9.17, 15) is 9.18 Å². The van der Waals surface area contributed by atoms with E-state index in [-0.39, 0.29) is 12.4 Å². The van der Waals surface area contributed by atoms with E-state index >= 15 is 0 Å². The second kappa shape index (κ2) is 2.93. The number of nitrogens with zero attached hydrogens (tertiary/aromatic N) is 3. The Morgan fingerprint density at radius 2 is 2.38 bits per heavy atom. The van der Waals surface area contributed by atoms with Gasteiger partial charge >= 0.3 is 0 Å². The molecule has 0 saturated heterocycles. The summed E-state index contributed by atoms with van der Waals surface area (Å²) >= 11 is 0. The number of halogens is 1. The second-order valence-electron chi connectivity index (χ2n) is 2.57. The molecule has 1 heterocycles. The minimum Gasteiger partial charge on any atom is -0.301 e. The Labute approximate surface area is 73.0 Å². The van der Waals surface area contributed by atoms with Crippen LogP contribution in [0.1, 0.15) is 0 Å². The quantitative estimate of drug-likeness (QED) is 0.639. The van der Waals surface area contributed by atoms with E-state index in [0.717, 1.165) is 0 Å². The summed E-state index contributed by atoms with van der Waals surface area (Å²) in [7, 11) is 0. The molecule has 13 heavy (non-hydrogen) atoms. The van der Waals surface area contributed by atoms with Crippen LogP contribution in [-0.4, -0.2) is 21.3 Å². The molecule has 0 N–H and O–H groups in total. The van der Waals surface area contributed by atoms with Crippen molar-refractivity contribution in [1.29, 1.82) is 0 Å². The highest BCUT2D eigenvalue weighted by Gasteiger charge is 2.03. The van der Waals surface area contributed by atoms with E-state index in [2.05, 4.69) is 10.3 Å². The normalized spacial score (nSPS) is 10.5. The lowest BCUT2D eigenvalue weighted by molar-refractivity contribution is -0.108. The van der Waals surface area contributed by atoms with Crippen LogP contribution in [0.5, 0.6) is 0 Å². The number of benzene rings is 1. The van der Waals surface area contributed by atoms with E-state index in [1.54, 1.807) is 0 Å². The van der Waals surface area contributed by atoms with Crippen LogP contribution < -0.4 is 0 Å². The predicted octanol–water partition coefficient (Wildman–Crippen LogP) is 0.769. The van der Waals surface area contributed by atoms with Gasteiger partial charge in [-0.15, -0.1) is 5.10 Å². The summed E-state index contributed by atoms with van der Waals surface area (Å²) in [6.07, 6.45) is 0.693. The van der Waals surface area contributed by atoms with Gasteiger partial charge in [0.05, 0.1) is 12.1 Å². The number of aromatic nitrogens is 3. The van der Waals surface area contributed by atoms with E-state index in [1.165, 1.54) is 22.9 Å². The van der Waals surface area contributed by atoms with Crippen LogP contribution in [0.4, 0.5) is 4.39 Å². The Bertz CT molecular complexity index is 452. The molecule has 0 amide bonds. The van der Waals surface area contributed by atoms with Crippen molar-refractivity contribution in [3.05, 3.63) is 24.0 Å². The lowest BCUT2D eigenvalue weighted by Crippen LogP contribution is -2.00. The number of rotatable bonds is 2. The number of fused-ring (bicyclic) bond motifs is 1. The van der Waals surface area contributed by atoms with E-state index < -0.39 is 0 Å². The molecule has 0 aliphatic heterocycles. The fourth-order valence-electron chi connectivity index (χ4n) is 1.14. The maximum Gasteiger partial charge on any atom is 0.141 e. The number of hydrogen-bond donors (Lipinski definition) is 0. The van der Waals surface area contributed by atoms with Gasteiger partial charge in [0.15, 0.2) is 0 Å². The van der Waals surface area contributed by atoms with Crippen LogP contribution in [0, 0.1) is 5.82 Å². The average Bonchev–Trinajstić information content (AvgIpc) is 2.49. The smallest absolute Gasteiger partial charge is 0.141 e. The number of aldehydes is 1. The average molecular weight is 179 g/mol. The number of hydrogen-bond acceptors (Lipinski definition) is 3. The van der Waals surface area contributed by atoms with Crippen molar-refractivity contribution in [2.45, 2.75) is 6.54 Å². The summed E-state index contributed by atoms with van der Waals surface area (Å²) in [5.74, 6) is -0.359. The molecule has 1 aromatic carbocycles. The van der Waals surface area contributed by atoms with Gasteiger partial charge in [0.2, 0.25) is 0 Å². The molecule has 0 bridgehead atoms. The van der Waals surface area contributed by atoms with E-state index in [0.29, 0.717) is 17.3 Å². The summed E-state index contributed by atoms with van der Waals surface area (Å²) in [6.45, 7) is 0.0972.